The Balaban J connectivity index is 2.42. The summed E-state index contributed by atoms with van der Waals surface area (Å²) in [7, 11) is 0. The Morgan fingerprint density at radius 1 is 1.26 bits per heavy atom. The number of hydrogen-bond donors (Lipinski definition) is 1. The van der Waals surface area contributed by atoms with E-state index in [1.807, 2.05) is 19.9 Å². The van der Waals surface area contributed by atoms with Gasteiger partial charge in [-0.3, -0.25) is 9.78 Å². The Labute approximate surface area is 132 Å². The van der Waals surface area contributed by atoms with Crippen LogP contribution in [0.15, 0.2) is 39.7 Å². The minimum atomic E-state index is -0.437. The second-order valence-electron chi connectivity index (χ2n) is 5.76. The second-order valence-corrected chi connectivity index (χ2v) is 5.76. The zero-order valence-electron chi connectivity index (χ0n) is 13.2. The first kappa shape index (κ1) is 15.4. The molecule has 0 saturated heterocycles. The standard InChI is InChI=1S/C18H17FN2O2/c1-9-6-13(11(3)20)18-14(7-9)16(22)10(2)17(23-18)15-8-12(19)4-5-21-15/h4-8,11H,20H2,1-3H3/t11-/m1/s1. The summed E-state index contributed by atoms with van der Waals surface area (Å²) in [6, 6.07) is 5.87. The lowest BCUT2D eigenvalue weighted by Gasteiger charge is -2.13. The molecule has 1 atom stereocenters. The molecule has 0 spiro atoms. The van der Waals surface area contributed by atoms with E-state index in [4.69, 9.17) is 10.2 Å². The molecule has 0 amide bonds. The Kier molecular flexibility index (Phi) is 3.74. The van der Waals surface area contributed by atoms with Crippen LogP contribution in [0.3, 0.4) is 0 Å². The Morgan fingerprint density at radius 3 is 2.65 bits per heavy atom. The van der Waals surface area contributed by atoms with Crippen molar-refractivity contribution in [2.75, 3.05) is 0 Å². The lowest BCUT2D eigenvalue weighted by Crippen LogP contribution is -2.12. The molecule has 3 rings (SSSR count). The van der Waals surface area contributed by atoms with Crippen molar-refractivity contribution in [3.63, 3.8) is 0 Å². The van der Waals surface area contributed by atoms with Crippen LogP contribution in [0.1, 0.15) is 29.7 Å². The number of halogens is 1. The fourth-order valence-corrected chi connectivity index (χ4v) is 2.68. The molecule has 5 heteroatoms. The van der Waals surface area contributed by atoms with Gasteiger partial charge in [0.1, 0.15) is 17.1 Å². The summed E-state index contributed by atoms with van der Waals surface area (Å²) < 4.78 is 19.4. The topological polar surface area (TPSA) is 69.1 Å². The summed E-state index contributed by atoms with van der Waals surface area (Å²) in [5.41, 5.74) is 8.66. The van der Waals surface area contributed by atoms with E-state index >= 15 is 0 Å². The number of aryl methyl sites for hydroxylation is 1. The van der Waals surface area contributed by atoms with Gasteiger partial charge in [0.15, 0.2) is 11.2 Å². The molecule has 118 valence electrons. The molecule has 4 nitrogen and oxygen atoms in total. The Hall–Kier alpha value is -2.53. The summed E-state index contributed by atoms with van der Waals surface area (Å²) in [5, 5.41) is 0.481. The molecule has 2 N–H and O–H groups in total. The summed E-state index contributed by atoms with van der Waals surface area (Å²) in [6.45, 7) is 5.39. The predicted molar refractivity (Wildman–Crippen MR) is 87.7 cm³/mol. The molecule has 0 saturated carbocycles. The van der Waals surface area contributed by atoms with Crippen molar-refractivity contribution in [3.8, 4) is 11.5 Å². The third-order valence-corrected chi connectivity index (χ3v) is 3.84. The highest BCUT2D eigenvalue weighted by atomic mass is 19.1. The van der Waals surface area contributed by atoms with E-state index in [0.717, 1.165) is 11.1 Å². The Morgan fingerprint density at radius 2 is 2.00 bits per heavy atom. The van der Waals surface area contributed by atoms with Gasteiger partial charge in [-0.2, -0.15) is 0 Å². The molecule has 0 aliphatic rings. The van der Waals surface area contributed by atoms with Gasteiger partial charge < -0.3 is 10.2 Å². The second kappa shape index (κ2) is 5.59. The summed E-state index contributed by atoms with van der Waals surface area (Å²) in [6.07, 6.45) is 1.34. The highest BCUT2D eigenvalue weighted by Gasteiger charge is 2.18. The predicted octanol–water partition coefficient (Wildman–Crippen LogP) is 3.63. The van der Waals surface area contributed by atoms with Crippen LogP contribution < -0.4 is 11.2 Å². The molecule has 1 aromatic carbocycles. The minimum Gasteiger partial charge on any atom is -0.454 e. The summed E-state index contributed by atoms with van der Waals surface area (Å²) >= 11 is 0. The molecule has 0 radical (unpaired) electrons. The van der Waals surface area contributed by atoms with Crippen molar-refractivity contribution in [2.45, 2.75) is 26.8 Å². The zero-order valence-corrected chi connectivity index (χ0v) is 13.2. The maximum atomic E-state index is 13.5. The van der Waals surface area contributed by atoms with Gasteiger partial charge in [-0.15, -0.1) is 0 Å². The van der Waals surface area contributed by atoms with E-state index in [1.165, 1.54) is 18.3 Å². The largest absolute Gasteiger partial charge is 0.454 e. The SMILES string of the molecule is Cc1cc([C@@H](C)N)c2oc(-c3cc(F)ccn3)c(C)c(=O)c2c1. The average molecular weight is 312 g/mol. The fraction of sp³-hybridized carbons (Fsp3) is 0.222. The summed E-state index contributed by atoms with van der Waals surface area (Å²) in [4.78, 5) is 16.8. The molecule has 0 aliphatic heterocycles. The number of pyridine rings is 1. The molecule has 2 heterocycles. The van der Waals surface area contributed by atoms with Crippen molar-refractivity contribution in [1.82, 2.24) is 4.98 Å². The van der Waals surface area contributed by atoms with Crippen LogP contribution in [-0.2, 0) is 0 Å². The van der Waals surface area contributed by atoms with Gasteiger partial charge in [0, 0.05) is 29.4 Å². The quantitative estimate of drug-likeness (QED) is 0.784. The van der Waals surface area contributed by atoms with E-state index in [1.54, 1.807) is 13.0 Å². The van der Waals surface area contributed by atoms with Gasteiger partial charge in [-0.05, 0) is 38.5 Å². The van der Waals surface area contributed by atoms with Crippen LogP contribution in [0.25, 0.3) is 22.4 Å². The maximum Gasteiger partial charge on any atom is 0.196 e. The zero-order chi connectivity index (χ0) is 16.7. The molecule has 3 aromatic rings. The number of nitrogens with zero attached hydrogens (tertiary/aromatic N) is 1. The van der Waals surface area contributed by atoms with Gasteiger partial charge >= 0.3 is 0 Å². The number of aromatic nitrogens is 1. The molecule has 0 bridgehead atoms. The van der Waals surface area contributed by atoms with Crippen molar-refractivity contribution in [1.29, 1.82) is 0 Å². The van der Waals surface area contributed by atoms with E-state index in [0.29, 0.717) is 16.5 Å². The molecule has 0 aliphatic carbocycles. The van der Waals surface area contributed by atoms with Crippen LogP contribution in [-0.4, -0.2) is 4.98 Å². The first-order valence-corrected chi connectivity index (χ1v) is 7.34. The smallest absolute Gasteiger partial charge is 0.196 e. The summed E-state index contributed by atoms with van der Waals surface area (Å²) in [5.74, 6) is -0.166. The molecule has 23 heavy (non-hydrogen) atoms. The van der Waals surface area contributed by atoms with Gasteiger partial charge in [0.05, 0.1) is 5.39 Å². The monoisotopic (exact) mass is 312 g/mol. The van der Waals surface area contributed by atoms with E-state index in [-0.39, 0.29) is 22.9 Å². The number of nitrogens with two attached hydrogens (primary N) is 1. The van der Waals surface area contributed by atoms with Crippen molar-refractivity contribution in [3.05, 3.63) is 63.2 Å². The number of fused-ring (bicyclic) bond motifs is 1. The maximum absolute atomic E-state index is 13.5. The normalized spacial score (nSPS) is 12.6. The lowest BCUT2D eigenvalue weighted by atomic mass is 10.00. The van der Waals surface area contributed by atoms with E-state index < -0.39 is 5.82 Å². The van der Waals surface area contributed by atoms with Crippen molar-refractivity contribution >= 4 is 11.0 Å². The van der Waals surface area contributed by atoms with Gasteiger partial charge in [0.2, 0.25) is 0 Å². The lowest BCUT2D eigenvalue weighted by molar-refractivity contribution is 0.595. The number of hydrogen-bond acceptors (Lipinski definition) is 4. The van der Waals surface area contributed by atoms with Crippen LogP contribution in [0, 0.1) is 19.7 Å². The highest BCUT2D eigenvalue weighted by Crippen LogP contribution is 2.29. The molecule has 0 unspecified atom stereocenters. The number of benzene rings is 1. The molecular weight excluding hydrogens is 295 g/mol. The Bertz CT molecular complexity index is 961. The molecule has 2 aromatic heterocycles. The van der Waals surface area contributed by atoms with E-state index in [9.17, 15) is 9.18 Å². The minimum absolute atomic E-state index is 0.155. The van der Waals surface area contributed by atoms with Crippen LogP contribution in [0.2, 0.25) is 0 Å². The van der Waals surface area contributed by atoms with Gasteiger partial charge in [-0.1, -0.05) is 6.07 Å². The molecular formula is C18H17FN2O2. The van der Waals surface area contributed by atoms with E-state index in [2.05, 4.69) is 4.98 Å². The highest BCUT2D eigenvalue weighted by molar-refractivity contribution is 5.83. The van der Waals surface area contributed by atoms with Gasteiger partial charge in [0.25, 0.3) is 0 Å². The first-order chi connectivity index (χ1) is 10.9. The number of rotatable bonds is 2. The fourth-order valence-electron chi connectivity index (χ4n) is 2.68. The van der Waals surface area contributed by atoms with Crippen LogP contribution in [0.4, 0.5) is 4.39 Å². The average Bonchev–Trinajstić information content (AvgIpc) is 2.50. The van der Waals surface area contributed by atoms with Crippen molar-refractivity contribution in [2.24, 2.45) is 5.73 Å². The first-order valence-electron chi connectivity index (χ1n) is 7.34. The van der Waals surface area contributed by atoms with Crippen molar-refractivity contribution < 1.29 is 8.81 Å². The third kappa shape index (κ3) is 2.64. The third-order valence-electron chi connectivity index (χ3n) is 3.84. The molecule has 0 fully saturated rings. The van der Waals surface area contributed by atoms with Gasteiger partial charge in [-0.25, -0.2) is 4.39 Å². The van der Waals surface area contributed by atoms with Crippen LogP contribution in [0.5, 0.6) is 0 Å². The van der Waals surface area contributed by atoms with Crippen LogP contribution >= 0.6 is 0 Å².